The third-order valence-electron chi connectivity index (χ3n) is 3.91. The molecule has 0 spiro atoms. The predicted octanol–water partition coefficient (Wildman–Crippen LogP) is 3.31. The van der Waals surface area contributed by atoms with Gasteiger partial charge in [-0.2, -0.15) is 0 Å². The fraction of sp³-hybridized carbons (Fsp3) is 0.294. The Bertz CT molecular complexity index is 542. The van der Waals surface area contributed by atoms with Gasteiger partial charge in [0.05, 0.1) is 0 Å². The minimum absolute atomic E-state index is 0.103. The van der Waals surface area contributed by atoms with Crippen molar-refractivity contribution in [2.75, 3.05) is 18.0 Å². The van der Waals surface area contributed by atoms with E-state index in [0.29, 0.717) is 5.92 Å². The Hall–Kier alpha value is -1.80. The van der Waals surface area contributed by atoms with Crippen molar-refractivity contribution in [1.82, 2.24) is 0 Å². The third kappa shape index (κ3) is 2.49. The molecule has 1 atom stereocenters. The second-order valence-electron chi connectivity index (χ2n) is 5.40. The van der Waals surface area contributed by atoms with E-state index in [-0.39, 0.29) is 6.04 Å². The van der Waals surface area contributed by atoms with E-state index in [9.17, 15) is 0 Å². The first-order valence-corrected chi connectivity index (χ1v) is 6.89. The maximum absolute atomic E-state index is 5.94. The monoisotopic (exact) mass is 252 g/mol. The second kappa shape index (κ2) is 5.06. The molecule has 19 heavy (non-hydrogen) atoms. The zero-order valence-corrected chi connectivity index (χ0v) is 11.3. The molecule has 2 nitrogen and oxygen atoms in total. The van der Waals surface area contributed by atoms with Gasteiger partial charge in [0.15, 0.2) is 0 Å². The van der Waals surface area contributed by atoms with E-state index >= 15 is 0 Å². The van der Waals surface area contributed by atoms with E-state index in [1.54, 1.807) is 0 Å². The van der Waals surface area contributed by atoms with Crippen LogP contribution in [-0.2, 0) is 0 Å². The average molecular weight is 252 g/mol. The van der Waals surface area contributed by atoms with Crippen LogP contribution in [0.5, 0.6) is 0 Å². The Labute approximate surface area is 114 Å². The van der Waals surface area contributed by atoms with Crippen molar-refractivity contribution in [2.24, 2.45) is 5.73 Å². The van der Waals surface area contributed by atoms with Gasteiger partial charge in [0.2, 0.25) is 0 Å². The van der Waals surface area contributed by atoms with Gasteiger partial charge in [0.25, 0.3) is 0 Å². The van der Waals surface area contributed by atoms with Gasteiger partial charge >= 0.3 is 0 Å². The van der Waals surface area contributed by atoms with Crippen molar-refractivity contribution in [3.8, 4) is 0 Å². The van der Waals surface area contributed by atoms with Gasteiger partial charge in [0.1, 0.15) is 0 Å². The molecule has 3 rings (SSSR count). The molecule has 2 N–H and O–H groups in total. The summed E-state index contributed by atoms with van der Waals surface area (Å²) in [6, 6.07) is 19.5. The highest BCUT2D eigenvalue weighted by atomic mass is 15.2. The topological polar surface area (TPSA) is 29.3 Å². The van der Waals surface area contributed by atoms with Crippen molar-refractivity contribution in [3.63, 3.8) is 0 Å². The minimum Gasteiger partial charge on any atom is -0.370 e. The normalized spacial score (nSPS) is 17.1. The molecule has 1 heterocycles. The number of benzene rings is 2. The molecular formula is C17H20N2. The summed E-state index contributed by atoms with van der Waals surface area (Å²) in [4.78, 5) is 2.42. The number of nitrogens with two attached hydrogens (primary N) is 1. The minimum atomic E-state index is 0.103. The van der Waals surface area contributed by atoms with Crippen LogP contribution in [0.15, 0.2) is 54.6 Å². The van der Waals surface area contributed by atoms with E-state index in [0.717, 1.165) is 13.1 Å². The van der Waals surface area contributed by atoms with Crippen LogP contribution in [0.1, 0.15) is 30.0 Å². The first-order chi connectivity index (χ1) is 9.24. The lowest BCUT2D eigenvalue weighted by Crippen LogP contribution is -2.45. The third-order valence-corrected chi connectivity index (χ3v) is 3.91. The zero-order chi connectivity index (χ0) is 13.2. The van der Waals surface area contributed by atoms with Crippen molar-refractivity contribution in [2.45, 2.75) is 18.9 Å². The van der Waals surface area contributed by atoms with Crippen molar-refractivity contribution < 1.29 is 0 Å². The van der Waals surface area contributed by atoms with Gasteiger partial charge in [0, 0.05) is 30.7 Å². The lowest BCUT2D eigenvalue weighted by atomic mass is 9.91. The van der Waals surface area contributed by atoms with Crippen LogP contribution in [0.4, 0.5) is 5.69 Å². The second-order valence-corrected chi connectivity index (χ2v) is 5.40. The summed E-state index contributed by atoms with van der Waals surface area (Å²) >= 11 is 0. The molecule has 0 saturated carbocycles. The van der Waals surface area contributed by atoms with Gasteiger partial charge in [-0.3, -0.25) is 0 Å². The van der Waals surface area contributed by atoms with E-state index < -0.39 is 0 Å². The molecule has 0 aromatic heterocycles. The highest BCUT2D eigenvalue weighted by Gasteiger charge is 2.28. The highest BCUT2D eigenvalue weighted by molar-refractivity contribution is 5.53. The molecule has 1 aliphatic heterocycles. The summed E-state index contributed by atoms with van der Waals surface area (Å²) in [5, 5.41) is 0. The Morgan fingerprint density at radius 3 is 2.47 bits per heavy atom. The maximum Gasteiger partial charge on any atom is 0.0369 e. The van der Waals surface area contributed by atoms with Crippen LogP contribution in [-0.4, -0.2) is 13.1 Å². The summed E-state index contributed by atoms with van der Waals surface area (Å²) in [6.45, 7) is 4.24. The van der Waals surface area contributed by atoms with Gasteiger partial charge in [-0.25, -0.2) is 0 Å². The van der Waals surface area contributed by atoms with Gasteiger partial charge < -0.3 is 10.6 Å². The molecule has 98 valence electrons. The van der Waals surface area contributed by atoms with Crippen molar-refractivity contribution >= 4 is 5.69 Å². The molecule has 1 fully saturated rings. The maximum atomic E-state index is 5.94. The first-order valence-electron chi connectivity index (χ1n) is 6.89. The van der Waals surface area contributed by atoms with Crippen LogP contribution < -0.4 is 10.6 Å². The summed E-state index contributed by atoms with van der Waals surface area (Å²) in [7, 11) is 0. The quantitative estimate of drug-likeness (QED) is 0.908. The molecule has 0 radical (unpaired) electrons. The van der Waals surface area contributed by atoms with Crippen LogP contribution in [0.25, 0.3) is 0 Å². The van der Waals surface area contributed by atoms with Crippen LogP contribution in [0.3, 0.4) is 0 Å². The molecule has 2 heteroatoms. The van der Waals surface area contributed by atoms with Gasteiger partial charge in [-0.15, -0.1) is 0 Å². The largest absolute Gasteiger partial charge is 0.370 e. The fourth-order valence-corrected chi connectivity index (χ4v) is 2.63. The fourth-order valence-electron chi connectivity index (χ4n) is 2.63. The number of rotatable bonds is 3. The Morgan fingerprint density at radius 2 is 1.79 bits per heavy atom. The lowest BCUT2D eigenvalue weighted by molar-refractivity contribution is 0.525. The molecule has 0 aliphatic carbocycles. The Balaban J connectivity index is 1.69. The number of hydrogen-bond acceptors (Lipinski definition) is 2. The molecule has 2 aromatic rings. The van der Waals surface area contributed by atoms with Crippen LogP contribution in [0.2, 0.25) is 0 Å². The molecule has 2 aromatic carbocycles. The smallest absolute Gasteiger partial charge is 0.0369 e. The molecule has 0 bridgehead atoms. The van der Waals surface area contributed by atoms with Crippen molar-refractivity contribution in [3.05, 3.63) is 65.7 Å². The highest BCUT2D eigenvalue weighted by Crippen LogP contribution is 2.32. The van der Waals surface area contributed by atoms with Crippen LogP contribution >= 0.6 is 0 Å². The standard InChI is InChI=1S/C17H20N2/c1-13(18)15-8-5-9-17(10-15)19-11-16(12-19)14-6-3-2-4-7-14/h2-10,13,16H,11-12,18H2,1H3. The van der Waals surface area contributed by atoms with Crippen molar-refractivity contribution in [1.29, 1.82) is 0 Å². The number of hydrogen-bond donors (Lipinski definition) is 1. The Morgan fingerprint density at radius 1 is 1.05 bits per heavy atom. The molecular weight excluding hydrogens is 232 g/mol. The zero-order valence-electron chi connectivity index (χ0n) is 11.3. The van der Waals surface area contributed by atoms with E-state index in [1.807, 2.05) is 6.92 Å². The molecule has 0 amide bonds. The SMILES string of the molecule is CC(N)c1cccc(N2CC(c3ccccc3)C2)c1. The molecule has 1 unspecified atom stereocenters. The average Bonchev–Trinajstić information content (AvgIpc) is 2.39. The summed E-state index contributed by atoms with van der Waals surface area (Å²) < 4.78 is 0. The number of anilines is 1. The van der Waals surface area contributed by atoms with E-state index in [1.165, 1.54) is 16.8 Å². The number of nitrogens with zero attached hydrogens (tertiary/aromatic N) is 1. The van der Waals surface area contributed by atoms with Crippen LogP contribution in [0, 0.1) is 0 Å². The summed E-state index contributed by atoms with van der Waals surface area (Å²) in [5.41, 5.74) is 9.89. The first kappa shape index (κ1) is 12.2. The predicted molar refractivity (Wildman–Crippen MR) is 80.4 cm³/mol. The Kier molecular flexibility index (Phi) is 3.26. The molecule has 1 saturated heterocycles. The van der Waals surface area contributed by atoms with E-state index in [4.69, 9.17) is 5.73 Å². The molecule has 1 aliphatic rings. The summed E-state index contributed by atoms with van der Waals surface area (Å²) in [6.07, 6.45) is 0. The van der Waals surface area contributed by atoms with Gasteiger partial charge in [-0.1, -0.05) is 42.5 Å². The van der Waals surface area contributed by atoms with E-state index in [2.05, 4.69) is 59.5 Å². The summed E-state index contributed by atoms with van der Waals surface area (Å²) in [5.74, 6) is 0.667. The van der Waals surface area contributed by atoms with Gasteiger partial charge in [-0.05, 0) is 30.2 Å². The lowest BCUT2D eigenvalue weighted by Gasteiger charge is -2.41.